The molecule has 1 aliphatic rings. The van der Waals surface area contributed by atoms with Crippen molar-refractivity contribution >= 4 is 29.1 Å². The van der Waals surface area contributed by atoms with Crippen molar-refractivity contribution in [1.29, 1.82) is 0 Å². The van der Waals surface area contributed by atoms with Crippen LogP contribution in [0.4, 0.5) is 5.69 Å². The highest BCUT2D eigenvalue weighted by Gasteiger charge is 2.23. The fourth-order valence-electron chi connectivity index (χ4n) is 3.18. The second-order valence-corrected chi connectivity index (χ2v) is 6.75. The zero-order valence-electron chi connectivity index (χ0n) is 14.6. The molecule has 1 aromatic carbocycles. The Labute approximate surface area is 157 Å². The summed E-state index contributed by atoms with van der Waals surface area (Å²) in [4.78, 5) is 25.8. The van der Waals surface area contributed by atoms with Crippen LogP contribution in [-0.4, -0.2) is 39.6 Å². The van der Waals surface area contributed by atoms with E-state index >= 15 is 0 Å². The molecule has 7 heteroatoms. The molecule has 1 fully saturated rings. The van der Waals surface area contributed by atoms with E-state index in [-0.39, 0.29) is 17.5 Å². The molecule has 0 atom stereocenters. The SMILES string of the molecule is C=CC(=O)N1CCC(c2cccc(NC(=O)c3cc(Cl)n(C)n3)c2)CC1. The van der Waals surface area contributed by atoms with E-state index in [0.717, 1.165) is 37.2 Å². The summed E-state index contributed by atoms with van der Waals surface area (Å²) in [5, 5.41) is 7.35. The van der Waals surface area contributed by atoms with Crippen LogP contribution in [0.25, 0.3) is 0 Å². The van der Waals surface area contributed by atoms with Crippen LogP contribution in [0.2, 0.25) is 5.15 Å². The molecule has 1 aliphatic heterocycles. The number of carbonyl (C=O) groups is 2. The number of hydrogen-bond donors (Lipinski definition) is 1. The molecule has 0 radical (unpaired) electrons. The highest BCUT2D eigenvalue weighted by molar-refractivity contribution is 6.30. The van der Waals surface area contributed by atoms with Gasteiger partial charge in [0.05, 0.1) is 0 Å². The molecular weight excluding hydrogens is 352 g/mol. The second-order valence-electron chi connectivity index (χ2n) is 6.36. The zero-order chi connectivity index (χ0) is 18.7. The van der Waals surface area contributed by atoms with Crippen molar-refractivity contribution in [1.82, 2.24) is 14.7 Å². The minimum atomic E-state index is -0.295. The van der Waals surface area contributed by atoms with Crippen molar-refractivity contribution in [3.8, 4) is 0 Å². The van der Waals surface area contributed by atoms with Gasteiger partial charge in [0.25, 0.3) is 5.91 Å². The summed E-state index contributed by atoms with van der Waals surface area (Å²) in [6, 6.07) is 9.36. The smallest absolute Gasteiger partial charge is 0.276 e. The first kappa shape index (κ1) is 18.2. The Balaban J connectivity index is 1.66. The average Bonchev–Trinajstić information content (AvgIpc) is 3.00. The van der Waals surface area contributed by atoms with Gasteiger partial charge < -0.3 is 10.2 Å². The monoisotopic (exact) mass is 372 g/mol. The van der Waals surface area contributed by atoms with Crippen LogP contribution in [-0.2, 0) is 11.8 Å². The quantitative estimate of drug-likeness (QED) is 0.838. The Hall–Kier alpha value is -2.60. The highest BCUT2D eigenvalue weighted by atomic mass is 35.5. The van der Waals surface area contributed by atoms with E-state index in [1.165, 1.54) is 16.8 Å². The van der Waals surface area contributed by atoms with E-state index in [2.05, 4.69) is 23.1 Å². The first-order chi connectivity index (χ1) is 12.5. The fourth-order valence-corrected chi connectivity index (χ4v) is 3.32. The van der Waals surface area contributed by atoms with Gasteiger partial charge in [-0.05, 0) is 42.5 Å². The number of aromatic nitrogens is 2. The van der Waals surface area contributed by atoms with Crippen molar-refractivity contribution in [2.75, 3.05) is 18.4 Å². The van der Waals surface area contributed by atoms with Crippen LogP contribution in [0.5, 0.6) is 0 Å². The number of amides is 2. The lowest BCUT2D eigenvalue weighted by atomic mass is 9.89. The summed E-state index contributed by atoms with van der Waals surface area (Å²) in [6.45, 7) is 4.98. The van der Waals surface area contributed by atoms with Crippen LogP contribution in [0, 0.1) is 0 Å². The zero-order valence-corrected chi connectivity index (χ0v) is 15.4. The third-order valence-electron chi connectivity index (χ3n) is 4.65. The van der Waals surface area contributed by atoms with Gasteiger partial charge in [0, 0.05) is 31.9 Å². The molecule has 2 aromatic rings. The maximum absolute atomic E-state index is 12.3. The Bertz CT molecular complexity index is 818. The molecule has 1 N–H and O–H groups in total. The van der Waals surface area contributed by atoms with Crippen LogP contribution in [0.15, 0.2) is 43.0 Å². The first-order valence-electron chi connectivity index (χ1n) is 8.50. The number of benzene rings is 1. The van der Waals surface area contributed by atoms with E-state index in [9.17, 15) is 9.59 Å². The van der Waals surface area contributed by atoms with Gasteiger partial charge >= 0.3 is 0 Å². The van der Waals surface area contributed by atoms with Crippen molar-refractivity contribution in [2.24, 2.45) is 7.05 Å². The third kappa shape index (κ3) is 3.96. The first-order valence-corrected chi connectivity index (χ1v) is 8.88. The highest BCUT2D eigenvalue weighted by Crippen LogP contribution is 2.29. The molecule has 3 rings (SSSR count). The van der Waals surface area contributed by atoms with E-state index in [1.54, 1.807) is 7.05 Å². The standard InChI is InChI=1S/C19H21ClN4O2/c1-3-18(25)24-9-7-13(8-10-24)14-5-4-6-15(11-14)21-19(26)16-12-17(20)23(2)22-16/h3-6,11-13H,1,7-10H2,2H3,(H,21,26). The molecule has 0 aliphatic carbocycles. The molecule has 6 nitrogen and oxygen atoms in total. The molecule has 26 heavy (non-hydrogen) atoms. The minimum absolute atomic E-state index is 0.0153. The number of halogens is 1. The maximum atomic E-state index is 12.3. The molecular formula is C19H21ClN4O2. The van der Waals surface area contributed by atoms with Crippen LogP contribution >= 0.6 is 11.6 Å². The summed E-state index contributed by atoms with van der Waals surface area (Å²) >= 11 is 5.93. The topological polar surface area (TPSA) is 67.2 Å². The number of nitrogens with one attached hydrogen (secondary N) is 1. The lowest BCUT2D eigenvalue weighted by molar-refractivity contribution is -0.127. The fraction of sp³-hybridized carbons (Fsp3) is 0.316. The summed E-state index contributed by atoms with van der Waals surface area (Å²) in [5.74, 6) is 0.0551. The lowest BCUT2D eigenvalue weighted by Crippen LogP contribution is -2.36. The molecule has 0 bridgehead atoms. The number of anilines is 1. The van der Waals surface area contributed by atoms with Gasteiger partial charge in [-0.1, -0.05) is 30.3 Å². The molecule has 1 aromatic heterocycles. The molecule has 0 unspecified atom stereocenters. The lowest BCUT2D eigenvalue weighted by Gasteiger charge is -2.31. The van der Waals surface area contributed by atoms with E-state index < -0.39 is 0 Å². The molecule has 0 spiro atoms. The predicted molar refractivity (Wildman–Crippen MR) is 101 cm³/mol. The number of hydrogen-bond acceptors (Lipinski definition) is 3. The van der Waals surface area contributed by atoms with Gasteiger partial charge in [0.15, 0.2) is 5.69 Å². The van der Waals surface area contributed by atoms with Crippen molar-refractivity contribution in [2.45, 2.75) is 18.8 Å². The number of rotatable bonds is 4. The van der Waals surface area contributed by atoms with Crippen LogP contribution in [0.1, 0.15) is 34.8 Å². The average molecular weight is 373 g/mol. The molecule has 1 saturated heterocycles. The largest absolute Gasteiger partial charge is 0.339 e. The van der Waals surface area contributed by atoms with Gasteiger partial charge in [-0.2, -0.15) is 5.10 Å². The summed E-state index contributed by atoms with van der Waals surface area (Å²) in [6.07, 6.45) is 3.15. The third-order valence-corrected chi connectivity index (χ3v) is 5.01. The molecule has 136 valence electrons. The van der Waals surface area contributed by atoms with Crippen LogP contribution < -0.4 is 5.32 Å². The normalized spacial score (nSPS) is 14.9. The number of aryl methyl sites for hydroxylation is 1. The minimum Gasteiger partial charge on any atom is -0.339 e. The van der Waals surface area contributed by atoms with E-state index in [1.807, 2.05) is 23.1 Å². The predicted octanol–water partition coefficient (Wildman–Crippen LogP) is 3.22. The van der Waals surface area contributed by atoms with Gasteiger partial charge in [0.1, 0.15) is 5.15 Å². The van der Waals surface area contributed by atoms with Crippen molar-refractivity contribution < 1.29 is 9.59 Å². The summed E-state index contributed by atoms with van der Waals surface area (Å²) < 4.78 is 1.45. The summed E-state index contributed by atoms with van der Waals surface area (Å²) in [5.41, 5.74) is 2.16. The molecule has 2 heterocycles. The van der Waals surface area contributed by atoms with Crippen LogP contribution in [0.3, 0.4) is 0 Å². The number of nitrogens with zero attached hydrogens (tertiary/aromatic N) is 3. The van der Waals surface area contributed by atoms with Crippen molar-refractivity contribution in [3.63, 3.8) is 0 Å². The number of piperidine rings is 1. The Kier molecular flexibility index (Phi) is 5.42. The number of likely N-dealkylation sites (tertiary alicyclic amines) is 1. The maximum Gasteiger partial charge on any atom is 0.276 e. The van der Waals surface area contributed by atoms with Crippen molar-refractivity contribution in [3.05, 3.63) is 59.4 Å². The summed E-state index contributed by atoms with van der Waals surface area (Å²) in [7, 11) is 1.68. The Morgan fingerprint density at radius 2 is 2.04 bits per heavy atom. The Morgan fingerprint density at radius 1 is 1.31 bits per heavy atom. The van der Waals surface area contributed by atoms with Gasteiger partial charge in [-0.25, -0.2) is 0 Å². The Morgan fingerprint density at radius 3 is 2.65 bits per heavy atom. The van der Waals surface area contributed by atoms with E-state index in [0.29, 0.717) is 11.1 Å². The second kappa shape index (κ2) is 7.74. The van der Waals surface area contributed by atoms with Gasteiger partial charge in [0.2, 0.25) is 5.91 Å². The van der Waals surface area contributed by atoms with Gasteiger partial charge in [-0.15, -0.1) is 0 Å². The molecule has 0 saturated carbocycles. The number of carbonyl (C=O) groups excluding carboxylic acids is 2. The van der Waals surface area contributed by atoms with Gasteiger partial charge in [-0.3, -0.25) is 14.3 Å². The molecule has 2 amide bonds. The van der Waals surface area contributed by atoms with E-state index in [4.69, 9.17) is 11.6 Å².